The Morgan fingerprint density at radius 3 is 2.62 bits per heavy atom. The zero-order valence-electron chi connectivity index (χ0n) is 8.53. The first kappa shape index (κ1) is 12.0. The van der Waals surface area contributed by atoms with E-state index >= 15 is 0 Å². The van der Waals surface area contributed by atoms with Gasteiger partial charge in [0, 0.05) is 5.69 Å². The molecule has 0 aliphatic rings. The molecule has 0 aromatic heterocycles. The number of anilines is 1. The molecule has 0 aliphatic carbocycles. The highest BCUT2D eigenvalue weighted by Gasteiger charge is 2.17. The zero-order valence-corrected chi connectivity index (χ0v) is 8.53. The minimum Gasteiger partial charge on any atom is -0.480 e. The van der Waals surface area contributed by atoms with E-state index in [1.54, 1.807) is 0 Å². The molecule has 6 heteroatoms. The predicted molar refractivity (Wildman–Crippen MR) is 55.4 cm³/mol. The molecule has 0 radical (unpaired) electrons. The lowest BCUT2D eigenvalue weighted by atomic mass is 10.1. The topological polar surface area (TPSA) is 92.4 Å². The summed E-state index contributed by atoms with van der Waals surface area (Å²) in [5.41, 5.74) is 5.44. The van der Waals surface area contributed by atoms with Crippen molar-refractivity contribution in [2.24, 2.45) is 0 Å². The fraction of sp³-hybridized carbons (Fsp3) is 0.200. The Balaban J connectivity index is 2.85. The average molecular weight is 226 g/mol. The number of halogens is 1. The number of benzene rings is 1. The molecular formula is C10H11FN2O3. The van der Waals surface area contributed by atoms with Gasteiger partial charge in [-0.05, 0) is 25.1 Å². The van der Waals surface area contributed by atoms with Gasteiger partial charge in [-0.3, -0.25) is 9.59 Å². The van der Waals surface area contributed by atoms with Gasteiger partial charge in [-0.15, -0.1) is 0 Å². The van der Waals surface area contributed by atoms with Gasteiger partial charge in [-0.25, -0.2) is 4.39 Å². The molecule has 0 spiro atoms. The fourth-order valence-electron chi connectivity index (χ4n) is 1.08. The largest absolute Gasteiger partial charge is 0.480 e. The van der Waals surface area contributed by atoms with Crippen LogP contribution in [0, 0.1) is 5.82 Å². The number of aliphatic carboxylic acids is 1. The molecule has 1 rings (SSSR count). The molecular weight excluding hydrogens is 215 g/mol. The normalized spacial score (nSPS) is 11.9. The number of hydrogen-bond acceptors (Lipinski definition) is 3. The van der Waals surface area contributed by atoms with Gasteiger partial charge in [0.25, 0.3) is 5.91 Å². The Bertz CT molecular complexity index is 434. The van der Waals surface area contributed by atoms with Gasteiger partial charge in [0.2, 0.25) is 0 Å². The van der Waals surface area contributed by atoms with Crippen LogP contribution in [0.25, 0.3) is 0 Å². The van der Waals surface area contributed by atoms with Crippen LogP contribution in [0.5, 0.6) is 0 Å². The predicted octanol–water partition coefficient (Wildman–Crippen LogP) is 0.611. The van der Waals surface area contributed by atoms with Crippen molar-refractivity contribution >= 4 is 17.6 Å². The molecule has 0 aliphatic heterocycles. The second-order valence-electron chi connectivity index (χ2n) is 3.26. The number of hydrogen-bond donors (Lipinski definition) is 3. The molecule has 1 atom stereocenters. The van der Waals surface area contributed by atoms with Crippen LogP contribution in [0.15, 0.2) is 18.2 Å². The molecule has 1 aromatic rings. The van der Waals surface area contributed by atoms with E-state index < -0.39 is 23.7 Å². The van der Waals surface area contributed by atoms with E-state index in [1.807, 2.05) is 0 Å². The van der Waals surface area contributed by atoms with Crippen molar-refractivity contribution in [1.29, 1.82) is 0 Å². The number of rotatable bonds is 3. The van der Waals surface area contributed by atoms with Crippen molar-refractivity contribution in [2.45, 2.75) is 13.0 Å². The van der Waals surface area contributed by atoms with Gasteiger partial charge >= 0.3 is 5.97 Å². The van der Waals surface area contributed by atoms with Crippen LogP contribution in [0.3, 0.4) is 0 Å². The van der Waals surface area contributed by atoms with E-state index in [1.165, 1.54) is 13.0 Å². The Labute approximate surface area is 91.1 Å². The number of carboxylic acids is 1. The average Bonchev–Trinajstić information content (AvgIpc) is 2.16. The van der Waals surface area contributed by atoms with E-state index in [9.17, 15) is 14.0 Å². The minimum atomic E-state index is -1.16. The number of carboxylic acid groups (broad SMARTS) is 1. The molecule has 0 bridgehead atoms. The van der Waals surface area contributed by atoms with Gasteiger partial charge < -0.3 is 16.2 Å². The number of nitrogens with one attached hydrogen (secondary N) is 1. The lowest BCUT2D eigenvalue weighted by Crippen LogP contribution is -2.38. The maximum Gasteiger partial charge on any atom is 0.325 e. The number of amides is 1. The first-order valence-electron chi connectivity index (χ1n) is 4.50. The number of nitrogens with two attached hydrogens (primary N) is 1. The molecule has 86 valence electrons. The van der Waals surface area contributed by atoms with E-state index in [2.05, 4.69) is 5.32 Å². The van der Waals surface area contributed by atoms with Crippen LogP contribution in [0.1, 0.15) is 17.3 Å². The minimum absolute atomic E-state index is 0.0323. The highest BCUT2D eigenvalue weighted by Crippen LogP contribution is 2.13. The fourth-order valence-corrected chi connectivity index (χ4v) is 1.08. The van der Waals surface area contributed by atoms with Crippen LogP contribution in [0.4, 0.5) is 10.1 Å². The van der Waals surface area contributed by atoms with Gasteiger partial charge in [-0.1, -0.05) is 0 Å². The molecule has 0 saturated carbocycles. The summed E-state index contributed by atoms with van der Waals surface area (Å²) in [6, 6.07) is 2.25. The van der Waals surface area contributed by atoms with Crippen LogP contribution in [-0.4, -0.2) is 23.0 Å². The van der Waals surface area contributed by atoms with Crippen molar-refractivity contribution in [1.82, 2.24) is 5.32 Å². The van der Waals surface area contributed by atoms with Crippen LogP contribution in [-0.2, 0) is 4.79 Å². The van der Waals surface area contributed by atoms with Crippen molar-refractivity contribution < 1.29 is 19.1 Å². The van der Waals surface area contributed by atoms with Crippen molar-refractivity contribution in [2.75, 3.05) is 5.73 Å². The van der Waals surface area contributed by atoms with Gasteiger partial charge in [0.05, 0.1) is 5.56 Å². The second kappa shape index (κ2) is 4.61. The van der Waals surface area contributed by atoms with Crippen LogP contribution in [0.2, 0.25) is 0 Å². The molecule has 1 unspecified atom stereocenters. The molecule has 1 aromatic carbocycles. The summed E-state index contributed by atoms with van der Waals surface area (Å²) >= 11 is 0. The summed E-state index contributed by atoms with van der Waals surface area (Å²) in [7, 11) is 0. The quantitative estimate of drug-likeness (QED) is 0.658. The number of carbonyl (C=O) groups excluding carboxylic acids is 1. The Hall–Kier alpha value is -2.11. The maximum absolute atomic E-state index is 12.7. The lowest BCUT2D eigenvalue weighted by molar-refractivity contribution is -0.138. The van der Waals surface area contributed by atoms with E-state index in [0.29, 0.717) is 0 Å². The molecule has 0 heterocycles. The van der Waals surface area contributed by atoms with Crippen LogP contribution >= 0.6 is 0 Å². The third-order valence-electron chi connectivity index (χ3n) is 1.98. The maximum atomic E-state index is 12.7. The molecule has 1 amide bonds. The van der Waals surface area contributed by atoms with E-state index in [0.717, 1.165) is 12.1 Å². The molecule has 5 nitrogen and oxygen atoms in total. The van der Waals surface area contributed by atoms with Gasteiger partial charge in [-0.2, -0.15) is 0 Å². The Morgan fingerprint density at radius 1 is 1.50 bits per heavy atom. The molecule has 16 heavy (non-hydrogen) atoms. The summed E-state index contributed by atoms with van der Waals surface area (Å²) in [6.45, 7) is 1.32. The molecule has 0 fully saturated rings. The van der Waals surface area contributed by atoms with Crippen molar-refractivity contribution in [3.8, 4) is 0 Å². The molecule has 0 saturated heterocycles. The molecule has 4 N–H and O–H groups in total. The summed E-state index contributed by atoms with van der Waals surface area (Å²) < 4.78 is 12.7. The lowest BCUT2D eigenvalue weighted by Gasteiger charge is -2.10. The number of carbonyl (C=O) groups is 2. The highest BCUT2D eigenvalue weighted by atomic mass is 19.1. The first-order chi connectivity index (χ1) is 7.41. The zero-order chi connectivity index (χ0) is 12.3. The second-order valence-corrected chi connectivity index (χ2v) is 3.26. The monoisotopic (exact) mass is 226 g/mol. The third-order valence-corrected chi connectivity index (χ3v) is 1.98. The van der Waals surface area contributed by atoms with Crippen molar-refractivity contribution in [3.05, 3.63) is 29.6 Å². The van der Waals surface area contributed by atoms with E-state index in [4.69, 9.17) is 10.8 Å². The standard InChI is InChI=1S/C10H11FN2O3/c1-5(10(15)16)13-9(14)7-3-2-6(11)4-8(7)12/h2-5H,12H2,1H3,(H,13,14)(H,15,16). The van der Waals surface area contributed by atoms with E-state index in [-0.39, 0.29) is 11.3 Å². The highest BCUT2D eigenvalue weighted by molar-refractivity contribution is 6.00. The van der Waals surface area contributed by atoms with Crippen molar-refractivity contribution in [3.63, 3.8) is 0 Å². The summed E-state index contributed by atoms with van der Waals surface area (Å²) in [5, 5.41) is 10.8. The third kappa shape index (κ3) is 2.69. The summed E-state index contributed by atoms with van der Waals surface area (Å²) in [4.78, 5) is 22.0. The smallest absolute Gasteiger partial charge is 0.325 e. The van der Waals surface area contributed by atoms with Crippen LogP contribution < -0.4 is 11.1 Å². The SMILES string of the molecule is CC(NC(=O)c1ccc(F)cc1N)C(=O)O. The first-order valence-corrected chi connectivity index (χ1v) is 4.50. The summed E-state index contributed by atoms with van der Waals surface area (Å²) in [5.74, 6) is -2.36. The Kier molecular flexibility index (Phi) is 3.44. The Morgan fingerprint density at radius 2 is 2.12 bits per heavy atom. The number of nitrogen functional groups attached to an aromatic ring is 1. The van der Waals surface area contributed by atoms with Gasteiger partial charge in [0.15, 0.2) is 0 Å². The van der Waals surface area contributed by atoms with Gasteiger partial charge in [0.1, 0.15) is 11.9 Å². The summed E-state index contributed by atoms with van der Waals surface area (Å²) in [6.07, 6.45) is 0.